The first-order chi connectivity index (χ1) is 10.9. The highest BCUT2D eigenvalue weighted by atomic mass is 32.2. The van der Waals surface area contributed by atoms with Gasteiger partial charge in [-0.2, -0.15) is 4.31 Å². The van der Waals surface area contributed by atoms with Crippen LogP contribution in [-0.2, 0) is 14.8 Å². The fourth-order valence-corrected chi connectivity index (χ4v) is 4.60. The van der Waals surface area contributed by atoms with Crippen molar-refractivity contribution >= 4 is 26.7 Å². The number of fused-ring (bicyclic) bond motifs is 1. The molecule has 6 nitrogen and oxygen atoms in total. The van der Waals surface area contributed by atoms with Crippen LogP contribution in [0.25, 0.3) is 10.8 Å². The average molecular weight is 337 g/mol. The molecule has 0 spiro atoms. The van der Waals surface area contributed by atoms with Crippen LogP contribution in [0.5, 0.6) is 0 Å². The summed E-state index contributed by atoms with van der Waals surface area (Å²) in [5, 5.41) is 3.11. The molecular weight excluding hydrogens is 321 g/mol. The Balaban J connectivity index is 2.15. The molecule has 1 fully saturated rings. The third-order valence-electron chi connectivity index (χ3n) is 3.93. The van der Waals surface area contributed by atoms with Gasteiger partial charge < -0.3 is 5.32 Å². The third kappa shape index (κ3) is 2.79. The Kier molecular flexibility index (Phi) is 4.03. The number of sulfonamides is 1. The summed E-state index contributed by atoms with van der Waals surface area (Å²) in [6.07, 6.45) is 2.50. The summed E-state index contributed by atoms with van der Waals surface area (Å²) >= 11 is 0. The topological polar surface area (TPSA) is 79.4 Å². The van der Waals surface area contributed by atoms with Crippen LogP contribution in [0, 0.1) is 5.82 Å². The number of benzene rings is 1. The van der Waals surface area contributed by atoms with Crippen molar-refractivity contribution in [2.45, 2.75) is 24.3 Å². The zero-order valence-corrected chi connectivity index (χ0v) is 13.3. The zero-order valence-electron chi connectivity index (χ0n) is 12.5. The van der Waals surface area contributed by atoms with Gasteiger partial charge in [-0.15, -0.1) is 0 Å². The van der Waals surface area contributed by atoms with E-state index in [4.69, 9.17) is 0 Å². The number of hydrogen-bond acceptors (Lipinski definition) is 4. The maximum absolute atomic E-state index is 14.2. The first-order valence-corrected chi connectivity index (χ1v) is 8.66. The van der Waals surface area contributed by atoms with Gasteiger partial charge in [0, 0.05) is 42.5 Å². The Bertz CT molecular complexity index is 864. The standard InChI is InChI=1S/C15H16FN3O3S/c1-10-7-18-14(20)5-6-19(10)23(21,22)13-4-2-3-11-8-17-9-12(16)15(11)13/h2-4,8-10H,5-7H2,1H3,(H,18,20)/t10-/m0/s1. The Hall–Kier alpha value is -2.06. The largest absolute Gasteiger partial charge is 0.354 e. The number of amides is 1. The van der Waals surface area contributed by atoms with Crippen molar-refractivity contribution in [3.05, 3.63) is 36.4 Å². The summed E-state index contributed by atoms with van der Waals surface area (Å²) in [4.78, 5) is 15.2. The van der Waals surface area contributed by atoms with E-state index in [1.165, 1.54) is 16.6 Å². The van der Waals surface area contributed by atoms with Crippen molar-refractivity contribution in [3.63, 3.8) is 0 Å². The van der Waals surface area contributed by atoms with Crippen LogP contribution < -0.4 is 5.32 Å². The van der Waals surface area contributed by atoms with Gasteiger partial charge in [-0.1, -0.05) is 12.1 Å². The van der Waals surface area contributed by atoms with Crippen molar-refractivity contribution in [2.24, 2.45) is 0 Å². The first-order valence-electron chi connectivity index (χ1n) is 7.22. The van der Waals surface area contributed by atoms with Gasteiger partial charge in [0.15, 0.2) is 5.82 Å². The number of carbonyl (C=O) groups is 1. The van der Waals surface area contributed by atoms with E-state index in [2.05, 4.69) is 10.3 Å². The summed E-state index contributed by atoms with van der Waals surface area (Å²) < 4.78 is 41.5. The van der Waals surface area contributed by atoms with Crippen LogP contribution in [0.15, 0.2) is 35.5 Å². The van der Waals surface area contributed by atoms with E-state index in [1.807, 2.05) is 0 Å². The fraction of sp³-hybridized carbons (Fsp3) is 0.333. The highest BCUT2D eigenvalue weighted by Crippen LogP contribution is 2.28. The lowest BCUT2D eigenvalue weighted by Crippen LogP contribution is -2.41. The van der Waals surface area contributed by atoms with Crippen molar-refractivity contribution in [3.8, 4) is 0 Å². The number of halogens is 1. The molecule has 1 aromatic heterocycles. The molecule has 2 aromatic rings. The Labute approximate surface area is 133 Å². The maximum atomic E-state index is 14.2. The van der Waals surface area contributed by atoms with Gasteiger partial charge in [0.2, 0.25) is 15.9 Å². The Morgan fingerprint density at radius 2 is 2.13 bits per heavy atom. The second kappa shape index (κ2) is 5.86. The molecule has 122 valence electrons. The highest BCUT2D eigenvalue weighted by molar-refractivity contribution is 7.89. The number of carbonyl (C=O) groups excluding carboxylic acids is 1. The van der Waals surface area contributed by atoms with Crippen molar-refractivity contribution in [1.82, 2.24) is 14.6 Å². The molecule has 0 bridgehead atoms. The minimum Gasteiger partial charge on any atom is -0.354 e. The van der Waals surface area contributed by atoms with Gasteiger partial charge in [0.05, 0.1) is 11.1 Å². The first kappa shape index (κ1) is 15.8. The van der Waals surface area contributed by atoms with Crippen LogP contribution in [0.3, 0.4) is 0 Å². The second-order valence-electron chi connectivity index (χ2n) is 5.49. The van der Waals surface area contributed by atoms with Crippen molar-refractivity contribution < 1.29 is 17.6 Å². The Morgan fingerprint density at radius 3 is 2.91 bits per heavy atom. The monoisotopic (exact) mass is 337 g/mol. The molecule has 1 aliphatic heterocycles. The molecule has 1 atom stereocenters. The van der Waals surface area contributed by atoms with Gasteiger partial charge in [-0.3, -0.25) is 9.78 Å². The van der Waals surface area contributed by atoms with Gasteiger partial charge >= 0.3 is 0 Å². The molecular formula is C15H16FN3O3S. The number of pyridine rings is 1. The van der Waals surface area contributed by atoms with E-state index in [-0.39, 0.29) is 35.7 Å². The SMILES string of the molecule is C[C@H]1CNC(=O)CCN1S(=O)(=O)c1cccc2cncc(F)c12. The van der Waals surface area contributed by atoms with Crippen LogP contribution >= 0.6 is 0 Å². The summed E-state index contributed by atoms with van der Waals surface area (Å²) in [5.74, 6) is -0.874. The van der Waals surface area contributed by atoms with Gasteiger partial charge in [-0.05, 0) is 13.0 Å². The fourth-order valence-electron chi connectivity index (χ4n) is 2.74. The van der Waals surface area contributed by atoms with E-state index in [0.29, 0.717) is 5.39 Å². The van der Waals surface area contributed by atoms with Crippen LogP contribution in [0.1, 0.15) is 13.3 Å². The average Bonchev–Trinajstić information content (AvgIpc) is 2.69. The van der Waals surface area contributed by atoms with Crippen molar-refractivity contribution in [1.29, 1.82) is 0 Å². The molecule has 1 amide bonds. The van der Waals surface area contributed by atoms with Crippen molar-refractivity contribution in [2.75, 3.05) is 13.1 Å². The van der Waals surface area contributed by atoms with Crippen LogP contribution in [0.4, 0.5) is 4.39 Å². The van der Waals surface area contributed by atoms with Gasteiger partial charge in [0.25, 0.3) is 0 Å². The number of rotatable bonds is 2. The zero-order chi connectivity index (χ0) is 16.6. The summed E-state index contributed by atoms with van der Waals surface area (Å²) in [7, 11) is -3.93. The predicted octanol–water partition coefficient (Wildman–Crippen LogP) is 1.27. The van der Waals surface area contributed by atoms with Crippen LogP contribution in [-0.4, -0.2) is 42.7 Å². The minimum absolute atomic E-state index is 0.0261. The molecule has 1 aromatic carbocycles. The molecule has 0 saturated carbocycles. The molecule has 23 heavy (non-hydrogen) atoms. The molecule has 0 unspecified atom stereocenters. The lowest BCUT2D eigenvalue weighted by Gasteiger charge is -2.26. The van der Waals surface area contributed by atoms with E-state index in [0.717, 1.165) is 6.20 Å². The number of aromatic nitrogens is 1. The van der Waals surface area contributed by atoms with Gasteiger partial charge in [-0.25, -0.2) is 12.8 Å². The van der Waals surface area contributed by atoms with E-state index < -0.39 is 21.9 Å². The molecule has 2 heterocycles. The van der Waals surface area contributed by atoms with Gasteiger partial charge in [0.1, 0.15) is 0 Å². The number of nitrogens with zero attached hydrogens (tertiary/aromatic N) is 2. The molecule has 1 saturated heterocycles. The number of nitrogens with one attached hydrogen (secondary N) is 1. The summed E-state index contributed by atoms with van der Waals surface area (Å²) in [6, 6.07) is 4.14. The molecule has 0 radical (unpaired) electrons. The Morgan fingerprint density at radius 1 is 1.35 bits per heavy atom. The van der Waals surface area contributed by atoms with E-state index in [1.54, 1.807) is 19.1 Å². The maximum Gasteiger partial charge on any atom is 0.244 e. The normalized spacial score (nSPS) is 20.3. The smallest absolute Gasteiger partial charge is 0.244 e. The molecule has 1 N–H and O–H groups in total. The summed E-state index contributed by atoms with van der Waals surface area (Å²) in [6.45, 7) is 2.01. The predicted molar refractivity (Wildman–Crippen MR) is 82.7 cm³/mol. The third-order valence-corrected chi connectivity index (χ3v) is 5.99. The molecule has 1 aliphatic rings. The quantitative estimate of drug-likeness (QED) is 0.895. The molecule has 3 rings (SSSR count). The second-order valence-corrected chi connectivity index (χ2v) is 7.35. The number of hydrogen-bond donors (Lipinski definition) is 1. The van der Waals surface area contributed by atoms with E-state index in [9.17, 15) is 17.6 Å². The van der Waals surface area contributed by atoms with E-state index >= 15 is 0 Å². The highest BCUT2D eigenvalue weighted by Gasteiger charge is 2.33. The minimum atomic E-state index is -3.93. The van der Waals surface area contributed by atoms with Crippen LogP contribution in [0.2, 0.25) is 0 Å². The summed E-state index contributed by atoms with van der Waals surface area (Å²) in [5.41, 5.74) is 0. The lowest BCUT2D eigenvalue weighted by atomic mass is 10.2. The lowest BCUT2D eigenvalue weighted by molar-refractivity contribution is -0.120. The molecule has 8 heteroatoms. The molecule has 0 aliphatic carbocycles.